The fraction of sp³-hybridized carbons (Fsp3) is 0.206. The fourth-order valence-corrected chi connectivity index (χ4v) is 9.39. The zero-order chi connectivity index (χ0) is 50.9. The number of fused-ring (bicyclic) bond motifs is 5. The van der Waals surface area contributed by atoms with Crippen molar-refractivity contribution in [3.8, 4) is 44.9 Å². The van der Waals surface area contributed by atoms with Crippen molar-refractivity contribution in [2.24, 2.45) is 0 Å². The normalized spacial score (nSPS) is 13.2. The van der Waals surface area contributed by atoms with Crippen LogP contribution in [-0.2, 0) is 34.0 Å². The van der Waals surface area contributed by atoms with E-state index >= 15 is 0 Å². The Hall–Kier alpha value is -7.86. The fourth-order valence-electron chi connectivity index (χ4n) is 9.39. The van der Waals surface area contributed by atoms with Gasteiger partial charge in [0.2, 0.25) is 0 Å². The highest BCUT2D eigenvalue weighted by molar-refractivity contribution is 5.94. The van der Waals surface area contributed by atoms with Crippen LogP contribution in [0.2, 0.25) is 0 Å². The minimum absolute atomic E-state index is 0.00233. The first-order chi connectivity index (χ1) is 35.5. The van der Waals surface area contributed by atoms with E-state index in [4.69, 9.17) is 28.4 Å². The molecular weight excluding hydrogens is 917 g/mol. The van der Waals surface area contributed by atoms with Crippen LogP contribution in [0.4, 0.5) is 0 Å². The van der Waals surface area contributed by atoms with Crippen molar-refractivity contribution in [1.29, 1.82) is 0 Å². The lowest BCUT2D eigenvalue weighted by Gasteiger charge is -2.35. The molecule has 0 bridgehead atoms. The topological polar surface area (TPSA) is 130 Å². The van der Waals surface area contributed by atoms with Gasteiger partial charge in [0.25, 0.3) is 0 Å². The Balaban J connectivity index is 1.05. The summed E-state index contributed by atoms with van der Waals surface area (Å²) < 4.78 is 33.5. The second-order valence-electron chi connectivity index (χ2n) is 18.4. The maximum atomic E-state index is 11.7. The Bertz CT molecular complexity index is 3070. The van der Waals surface area contributed by atoms with Gasteiger partial charge in [-0.1, -0.05) is 134 Å². The number of aliphatic hydroxyl groups excluding tert-OH is 2. The van der Waals surface area contributed by atoms with Gasteiger partial charge in [-0.3, -0.25) is 0 Å². The van der Waals surface area contributed by atoms with Crippen LogP contribution in [0, 0.1) is 0 Å². The van der Waals surface area contributed by atoms with E-state index in [0.29, 0.717) is 11.5 Å². The second kappa shape index (κ2) is 22.7. The predicted molar refractivity (Wildman–Crippen MR) is 286 cm³/mol. The molecule has 0 aromatic heterocycles. The summed E-state index contributed by atoms with van der Waals surface area (Å²) in [6, 6.07) is 60.4. The molecule has 2 unspecified atom stereocenters. The van der Waals surface area contributed by atoms with Crippen molar-refractivity contribution in [1.82, 2.24) is 0 Å². The van der Waals surface area contributed by atoms with Gasteiger partial charge in [0.05, 0.1) is 31.8 Å². The number of hydrogen-bond acceptors (Lipinski definition) is 10. The Morgan fingerprint density at radius 1 is 0.452 bits per heavy atom. The molecule has 2 N–H and O–H groups in total. The lowest BCUT2D eigenvalue weighted by Crippen LogP contribution is -2.28. The highest BCUT2D eigenvalue weighted by atomic mass is 16.6. The summed E-state index contributed by atoms with van der Waals surface area (Å²) in [4.78, 5) is 23.4. The molecule has 0 aliphatic heterocycles. The summed E-state index contributed by atoms with van der Waals surface area (Å²) in [6.45, 7) is 10.9. The van der Waals surface area contributed by atoms with E-state index < -0.39 is 29.6 Å². The number of ether oxygens (including phenoxy) is 6. The molecule has 0 heterocycles. The first-order valence-corrected chi connectivity index (χ1v) is 24.4. The average molecular weight is 975 g/mol. The zero-order valence-electron chi connectivity index (χ0n) is 41.1. The van der Waals surface area contributed by atoms with Gasteiger partial charge in [-0.05, 0) is 140 Å². The third-order valence-corrected chi connectivity index (χ3v) is 13.0. The Morgan fingerprint density at radius 2 is 0.849 bits per heavy atom. The standard InChI is InChI=1S/C63H58O10/c1-41(2)61(66)72-39-53(64)37-68-27-29-70-55-23-17-45-31-51(21-15-47(45)33-55)63(52-22-16-48-34-56(24-18-46(48)32-52)71-30-28-69-38-54(65)40-73-62(67)42(3)4)59-35-49(43-11-7-5-8-12-43)19-25-57(59)58-26-20-50(36-60(58)63)44-13-9-6-10-14-44/h5-26,31-36,53-54,64-65H,1,3,27-30,37-40H2,2,4H3. The molecule has 73 heavy (non-hydrogen) atoms. The summed E-state index contributed by atoms with van der Waals surface area (Å²) in [7, 11) is 0. The van der Waals surface area contributed by atoms with Gasteiger partial charge in [-0.25, -0.2) is 9.59 Å². The molecule has 8 aromatic rings. The predicted octanol–water partition coefficient (Wildman–Crippen LogP) is 11.4. The molecule has 1 aliphatic carbocycles. The number of carbonyl (C=O) groups excluding carboxylic acids is 2. The molecule has 0 saturated carbocycles. The second-order valence-corrected chi connectivity index (χ2v) is 18.4. The largest absolute Gasteiger partial charge is 0.491 e. The maximum absolute atomic E-state index is 11.7. The van der Waals surface area contributed by atoms with Crippen molar-refractivity contribution >= 4 is 33.5 Å². The Labute approximate surface area is 425 Å². The molecule has 2 atom stereocenters. The van der Waals surface area contributed by atoms with Gasteiger partial charge < -0.3 is 38.6 Å². The summed E-state index contributed by atoms with van der Waals surface area (Å²) in [5.41, 5.74) is 11.2. The lowest BCUT2D eigenvalue weighted by atomic mass is 9.66. The van der Waals surface area contributed by atoms with Crippen LogP contribution < -0.4 is 9.47 Å². The number of hydrogen-bond donors (Lipinski definition) is 2. The summed E-state index contributed by atoms with van der Waals surface area (Å²) >= 11 is 0. The molecule has 0 spiro atoms. The van der Waals surface area contributed by atoms with Gasteiger partial charge in [0, 0.05) is 11.1 Å². The summed E-state index contributed by atoms with van der Waals surface area (Å²) in [5, 5.41) is 24.5. The van der Waals surface area contributed by atoms with Crippen LogP contribution in [0.25, 0.3) is 54.9 Å². The summed E-state index contributed by atoms with van der Waals surface area (Å²) in [5.74, 6) is 0.271. The van der Waals surface area contributed by atoms with Gasteiger partial charge >= 0.3 is 11.9 Å². The first-order valence-electron chi connectivity index (χ1n) is 24.4. The van der Waals surface area contributed by atoms with Crippen LogP contribution in [0.1, 0.15) is 36.1 Å². The van der Waals surface area contributed by atoms with Crippen LogP contribution in [0.5, 0.6) is 11.5 Å². The molecule has 0 radical (unpaired) electrons. The smallest absolute Gasteiger partial charge is 0.333 e. The number of carbonyl (C=O) groups is 2. The van der Waals surface area contributed by atoms with Crippen molar-refractivity contribution in [3.05, 3.63) is 216 Å². The average Bonchev–Trinajstić information content (AvgIpc) is 3.71. The third kappa shape index (κ3) is 11.3. The van der Waals surface area contributed by atoms with E-state index in [2.05, 4.69) is 147 Å². The Kier molecular flexibility index (Phi) is 15.6. The highest BCUT2D eigenvalue weighted by Crippen LogP contribution is 2.58. The first kappa shape index (κ1) is 50.1. The highest BCUT2D eigenvalue weighted by Gasteiger charge is 2.47. The van der Waals surface area contributed by atoms with E-state index in [-0.39, 0.29) is 64.0 Å². The number of aliphatic hydroxyl groups is 2. The molecule has 0 fully saturated rings. The van der Waals surface area contributed by atoms with E-state index in [0.717, 1.165) is 54.9 Å². The Morgan fingerprint density at radius 3 is 1.26 bits per heavy atom. The van der Waals surface area contributed by atoms with Crippen LogP contribution in [-0.4, -0.2) is 87.2 Å². The molecule has 370 valence electrons. The minimum atomic E-state index is -0.961. The zero-order valence-corrected chi connectivity index (χ0v) is 41.1. The molecular formula is C63H58O10. The molecule has 10 nitrogen and oxygen atoms in total. The maximum Gasteiger partial charge on any atom is 0.333 e. The monoisotopic (exact) mass is 974 g/mol. The van der Waals surface area contributed by atoms with Crippen LogP contribution in [0.15, 0.2) is 194 Å². The van der Waals surface area contributed by atoms with Gasteiger partial charge in [-0.15, -0.1) is 0 Å². The van der Waals surface area contributed by atoms with E-state index in [1.54, 1.807) is 13.8 Å². The SMILES string of the molecule is C=C(C)C(=O)OCC(O)COCCOc1ccc2cc(C3(c4ccc5cc(OCCOCC(O)COC(=O)C(=C)C)ccc5c4)c4cc(-c5ccccc5)ccc4-c4ccc(-c5ccccc5)cc43)ccc2c1. The number of rotatable bonds is 22. The van der Waals surface area contributed by atoms with Crippen molar-refractivity contribution in [2.45, 2.75) is 31.5 Å². The lowest BCUT2D eigenvalue weighted by molar-refractivity contribution is -0.143. The quantitative estimate of drug-likeness (QED) is 0.0385. The summed E-state index contributed by atoms with van der Waals surface area (Å²) in [6.07, 6.45) is -1.92. The van der Waals surface area contributed by atoms with Crippen molar-refractivity contribution < 1.29 is 48.2 Å². The van der Waals surface area contributed by atoms with Gasteiger partial charge in [-0.2, -0.15) is 0 Å². The molecule has 0 amide bonds. The van der Waals surface area contributed by atoms with E-state index in [1.165, 1.54) is 22.3 Å². The van der Waals surface area contributed by atoms with Gasteiger partial charge in [0.1, 0.15) is 50.1 Å². The molecule has 8 aromatic carbocycles. The number of esters is 2. The minimum Gasteiger partial charge on any atom is -0.491 e. The molecule has 0 saturated heterocycles. The van der Waals surface area contributed by atoms with Crippen molar-refractivity contribution in [2.75, 3.05) is 52.9 Å². The van der Waals surface area contributed by atoms with Crippen molar-refractivity contribution in [3.63, 3.8) is 0 Å². The third-order valence-electron chi connectivity index (χ3n) is 13.0. The molecule has 1 aliphatic rings. The van der Waals surface area contributed by atoms with Gasteiger partial charge in [0.15, 0.2) is 0 Å². The van der Waals surface area contributed by atoms with E-state index in [1.807, 2.05) is 36.4 Å². The molecule has 10 heteroatoms. The molecule has 9 rings (SSSR count). The van der Waals surface area contributed by atoms with E-state index in [9.17, 15) is 19.8 Å². The van der Waals surface area contributed by atoms with Crippen LogP contribution >= 0.6 is 0 Å². The number of benzene rings is 8. The van der Waals surface area contributed by atoms with Crippen LogP contribution in [0.3, 0.4) is 0 Å².